The number of nitrogens with zero attached hydrogens (tertiary/aromatic N) is 1. The van der Waals surface area contributed by atoms with Gasteiger partial charge in [0.15, 0.2) is 0 Å². The van der Waals surface area contributed by atoms with E-state index < -0.39 is 6.04 Å². The molecule has 0 saturated carbocycles. The summed E-state index contributed by atoms with van der Waals surface area (Å²) >= 11 is 0. The van der Waals surface area contributed by atoms with Gasteiger partial charge in [-0.1, -0.05) is 6.42 Å². The number of hydrogen-bond donors (Lipinski definition) is 2. The molecule has 0 aliphatic carbocycles. The van der Waals surface area contributed by atoms with Crippen molar-refractivity contribution in [2.75, 3.05) is 20.1 Å². The van der Waals surface area contributed by atoms with E-state index in [0.29, 0.717) is 6.54 Å². The highest BCUT2D eigenvalue weighted by molar-refractivity contribution is 5.89. The maximum absolute atomic E-state index is 11.9. The van der Waals surface area contributed by atoms with E-state index in [-0.39, 0.29) is 30.3 Å². The summed E-state index contributed by atoms with van der Waals surface area (Å²) in [6.45, 7) is 5.18. The van der Waals surface area contributed by atoms with Crippen LogP contribution >= 0.6 is 12.4 Å². The normalized spacial score (nSPS) is 20.5. The maximum Gasteiger partial charge on any atom is 0.244 e. The van der Waals surface area contributed by atoms with Crippen LogP contribution in [-0.2, 0) is 9.59 Å². The van der Waals surface area contributed by atoms with E-state index >= 15 is 0 Å². The number of nitrogens with one attached hydrogen (secondary N) is 2. The lowest BCUT2D eigenvalue weighted by Crippen LogP contribution is -2.52. The molecule has 1 saturated heterocycles. The lowest BCUT2D eigenvalue weighted by atomic mass is 10.0. The van der Waals surface area contributed by atoms with Gasteiger partial charge in [-0.05, 0) is 33.2 Å². The van der Waals surface area contributed by atoms with Crippen molar-refractivity contribution in [1.82, 2.24) is 15.5 Å². The Hall–Kier alpha value is -0.810. The molecule has 1 aliphatic heterocycles. The molecule has 0 radical (unpaired) electrons. The van der Waals surface area contributed by atoms with Crippen LogP contribution in [0.4, 0.5) is 0 Å². The first-order valence-corrected chi connectivity index (χ1v) is 6.35. The fourth-order valence-electron chi connectivity index (χ4n) is 1.94. The quantitative estimate of drug-likeness (QED) is 0.788. The van der Waals surface area contributed by atoms with Gasteiger partial charge >= 0.3 is 0 Å². The number of carbonyl (C=O) groups excluding carboxylic acids is 2. The van der Waals surface area contributed by atoms with Crippen molar-refractivity contribution in [2.24, 2.45) is 0 Å². The summed E-state index contributed by atoms with van der Waals surface area (Å²) in [6, 6.07) is -0.581. The molecule has 0 aromatic heterocycles. The zero-order valence-electron chi connectivity index (χ0n) is 11.4. The summed E-state index contributed by atoms with van der Waals surface area (Å²) in [5.74, 6) is -0.105. The molecule has 2 N–H and O–H groups in total. The maximum atomic E-state index is 11.9. The Balaban J connectivity index is 0.00000289. The molecule has 1 fully saturated rings. The van der Waals surface area contributed by atoms with E-state index in [9.17, 15) is 9.59 Å². The minimum absolute atomic E-state index is 0. The zero-order chi connectivity index (χ0) is 12.8. The van der Waals surface area contributed by atoms with E-state index in [0.717, 1.165) is 25.8 Å². The molecular weight excluding hydrogens is 254 g/mol. The molecule has 0 aromatic rings. The summed E-state index contributed by atoms with van der Waals surface area (Å²) in [7, 11) is 1.74. The average Bonchev–Trinajstić information content (AvgIpc) is 2.37. The molecule has 1 unspecified atom stereocenters. The van der Waals surface area contributed by atoms with Crippen LogP contribution < -0.4 is 10.6 Å². The van der Waals surface area contributed by atoms with Gasteiger partial charge in [0.2, 0.25) is 11.8 Å². The van der Waals surface area contributed by atoms with Crippen molar-refractivity contribution in [3.63, 3.8) is 0 Å². The average molecular weight is 278 g/mol. The van der Waals surface area contributed by atoms with Gasteiger partial charge in [0.25, 0.3) is 0 Å². The van der Waals surface area contributed by atoms with E-state index in [1.807, 2.05) is 6.92 Å². The van der Waals surface area contributed by atoms with E-state index in [1.165, 1.54) is 0 Å². The van der Waals surface area contributed by atoms with Crippen LogP contribution in [0.25, 0.3) is 0 Å². The second-order valence-electron chi connectivity index (χ2n) is 4.59. The Kier molecular flexibility index (Phi) is 7.95. The van der Waals surface area contributed by atoms with Crippen LogP contribution in [0.1, 0.15) is 33.1 Å². The van der Waals surface area contributed by atoms with Crippen LogP contribution in [0, 0.1) is 0 Å². The molecular formula is C12H24ClN3O2. The Morgan fingerprint density at radius 3 is 2.61 bits per heavy atom. The standard InChI is InChI=1S/C12H23N3O2.ClH/c1-4-15(3)12(17)9(2)14-11(16)10-7-5-6-8-13-10;/h9-10,13H,4-8H2,1-3H3,(H,14,16);1H/t9?,10-;/m1./s1. The van der Waals surface area contributed by atoms with Crippen molar-refractivity contribution in [2.45, 2.75) is 45.2 Å². The highest BCUT2D eigenvalue weighted by Gasteiger charge is 2.24. The highest BCUT2D eigenvalue weighted by atomic mass is 35.5. The smallest absolute Gasteiger partial charge is 0.244 e. The Morgan fingerprint density at radius 1 is 1.44 bits per heavy atom. The molecule has 0 spiro atoms. The Morgan fingerprint density at radius 2 is 2.11 bits per heavy atom. The Bertz CT molecular complexity index is 280. The van der Waals surface area contributed by atoms with E-state index in [2.05, 4.69) is 10.6 Å². The van der Waals surface area contributed by atoms with Crippen molar-refractivity contribution < 1.29 is 9.59 Å². The van der Waals surface area contributed by atoms with Gasteiger partial charge in [-0.25, -0.2) is 0 Å². The first kappa shape index (κ1) is 17.2. The van der Waals surface area contributed by atoms with Gasteiger partial charge in [-0.15, -0.1) is 12.4 Å². The third kappa shape index (κ3) is 4.82. The lowest BCUT2D eigenvalue weighted by Gasteiger charge is -2.25. The molecule has 0 aromatic carbocycles. The van der Waals surface area contributed by atoms with Crippen molar-refractivity contribution >= 4 is 24.2 Å². The third-order valence-corrected chi connectivity index (χ3v) is 3.21. The summed E-state index contributed by atoms with van der Waals surface area (Å²) in [5, 5.41) is 5.94. The molecule has 106 valence electrons. The largest absolute Gasteiger partial charge is 0.344 e. The number of amides is 2. The topological polar surface area (TPSA) is 61.4 Å². The zero-order valence-corrected chi connectivity index (χ0v) is 12.2. The van der Waals surface area contributed by atoms with Gasteiger partial charge < -0.3 is 15.5 Å². The van der Waals surface area contributed by atoms with Gasteiger partial charge in [0.1, 0.15) is 6.04 Å². The molecule has 18 heavy (non-hydrogen) atoms. The fraction of sp³-hybridized carbons (Fsp3) is 0.833. The van der Waals surface area contributed by atoms with Crippen molar-refractivity contribution in [1.29, 1.82) is 0 Å². The number of likely N-dealkylation sites (N-methyl/N-ethyl adjacent to an activating group) is 1. The number of carbonyl (C=O) groups is 2. The molecule has 0 bridgehead atoms. The van der Waals surface area contributed by atoms with Gasteiger partial charge in [0.05, 0.1) is 6.04 Å². The monoisotopic (exact) mass is 277 g/mol. The summed E-state index contributed by atoms with van der Waals surface area (Å²) in [6.07, 6.45) is 3.05. The summed E-state index contributed by atoms with van der Waals surface area (Å²) < 4.78 is 0. The minimum Gasteiger partial charge on any atom is -0.344 e. The van der Waals surface area contributed by atoms with Gasteiger partial charge in [-0.2, -0.15) is 0 Å². The molecule has 5 nitrogen and oxygen atoms in total. The van der Waals surface area contributed by atoms with Crippen LogP contribution in [0.15, 0.2) is 0 Å². The van der Waals surface area contributed by atoms with Crippen molar-refractivity contribution in [3.05, 3.63) is 0 Å². The van der Waals surface area contributed by atoms with Gasteiger partial charge in [-0.3, -0.25) is 9.59 Å². The van der Waals surface area contributed by atoms with Gasteiger partial charge in [0, 0.05) is 13.6 Å². The second-order valence-corrected chi connectivity index (χ2v) is 4.59. The van der Waals surface area contributed by atoms with E-state index in [4.69, 9.17) is 0 Å². The highest BCUT2D eigenvalue weighted by Crippen LogP contribution is 2.07. The van der Waals surface area contributed by atoms with Crippen molar-refractivity contribution in [3.8, 4) is 0 Å². The molecule has 2 amide bonds. The molecule has 1 rings (SSSR count). The predicted octanol–water partition coefficient (Wildman–Crippen LogP) is 0.533. The fourth-order valence-corrected chi connectivity index (χ4v) is 1.94. The predicted molar refractivity (Wildman–Crippen MR) is 73.8 cm³/mol. The molecule has 6 heteroatoms. The summed E-state index contributed by atoms with van der Waals surface area (Å²) in [4.78, 5) is 25.3. The number of rotatable bonds is 4. The first-order valence-electron chi connectivity index (χ1n) is 6.35. The molecule has 1 heterocycles. The van der Waals surface area contributed by atoms with Crippen LogP contribution in [0.2, 0.25) is 0 Å². The first-order chi connectivity index (χ1) is 8.06. The second kappa shape index (κ2) is 8.32. The van der Waals surface area contributed by atoms with Crippen LogP contribution in [-0.4, -0.2) is 48.9 Å². The van der Waals surface area contributed by atoms with E-state index in [1.54, 1.807) is 18.9 Å². The van der Waals surface area contributed by atoms with Crippen LogP contribution in [0.3, 0.4) is 0 Å². The van der Waals surface area contributed by atoms with Crippen LogP contribution in [0.5, 0.6) is 0 Å². The number of piperidine rings is 1. The third-order valence-electron chi connectivity index (χ3n) is 3.21. The summed E-state index contributed by atoms with van der Waals surface area (Å²) in [5.41, 5.74) is 0. The lowest BCUT2D eigenvalue weighted by molar-refractivity contribution is -0.135. The SMILES string of the molecule is CCN(C)C(=O)C(C)NC(=O)[C@H]1CCCCN1.Cl. The molecule has 2 atom stereocenters. The number of hydrogen-bond acceptors (Lipinski definition) is 3. The minimum atomic E-state index is -0.448. The molecule has 1 aliphatic rings. The Labute approximate surface area is 115 Å². The number of halogens is 1.